The summed E-state index contributed by atoms with van der Waals surface area (Å²) in [5.41, 5.74) is 6.16. The van der Waals surface area contributed by atoms with E-state index in [4.69, 9.17) is 9.47 Å². The van der Waals surface area contributed by atoms with E-state index in [-0.39, 0.29) is 5.91 Å². The second-order valence-corrected chi connectivity index (χ2v) is 10.8. The Balaban J connectivity index is 1.24. The summed E-state index contributed by atoms with van der Waals surface area (Å²) >= 11 is 0. The molecule has 0 saturated carbocycles. The van der Waals surface area contributed by atoms with E-state index in [0.29, 0.717) is 44.5 Å². The molecule has 8 heteroatoms. The van der Waals surface area contributed by atoms with Gasteiger partial charge in [-0.05, 0) is 72.8 Å². The van der Waals surface area contributed by atoms with Gasteiger partial charge in [0.25, 0.3) is 5.91 Å². The van der Waals surface area contributed by atoms with Gasteiger partial charge in [-0.3, -0.25) is 14.5 Å². The highest BCUT2D eigenvalue weighted by atomic mass is 16.5. The average Bonchev–Trinajstić information content (AvgIpc) is 3.34. The van der Waals surface area contributed by atoms with E-state index in [1.54, 1.807) is 12.4 Å². The first-order chi connectivity index (χ1) is 20.2. The van der Waals surface area contributed by atoms with Crippen molar-refractivity contribution in [1.29, 1.82) is 0 Å². The SMILES string of the molecule is O=C(c1cnn(C2CCCNCC2)c1)N1CCOCCOc2ccc(-c3cccnc3)cc2Cc2cccc(c2)C1. The monoisotopic (exact) mass is 551 g/mol. The number of pyridine rings is 1. The zero-order chi connectivity index (χ0) is 27.9. The van der Waals surface area contributed by atoms with Crippen LogP contribution in [-0.4, -0.2) is 65.0 Å². The number of carbonyl (C=O) groups is 1. The Morgan fingerprint density at radius 1 is 0.927 bits per heavy atom. The number of hydrogen-bond acceptors (Lipinski definition) is 6. The molecule has 1 fully saturated rings. The van der Waals surface area contributed by atoms with Crippen molar-refractivity contribution >= 4 is 5.91 Å². The quantitative estimate of drug-likeness (QED) is 0.390. The molecule has 6 rings (SSSR count). The summed E-state index contributed by atoms with van der Waals surface area (Å²) in [6.45, 7) is 4.34. The molecule has 0 spiro atoms. The molecule has 8 nitrogen and oxygen atoms in total. The Bertz CT molecular complexity index is 1450. The minimum atomic E-state index is -0.0215. The highest BCUT2D eigenvalue weighted by molar-refractivity contribution is 5.93. The second kappa shape index (κ2) is 13.1. The predicted octanol–water partition coefficient (Wildman–Crippen LogP) is 4.90. The number of aromatic nitrogens is 3. The molecule has 1 unspecified atom stereocenters. The van der Waals surface area contributed by atoms with Crippen molar-refractivity contribution in [2.24, 2.45) is 0 Å². The van der Waals surface area contributed by atoms with E-state index in [2.05, 4.69) is 57.9 Å². The molecule has 1 amide bonds. The van der Waals surface area contributed by atoms with Gasteiger partial charge in [0, 0.05) is 43.7 Å². The van der Waals surface area contributed by atoms with Crippen molar-refractivity contribution < 1.29 is 14.3 Å². The van der Waals surface area contributed by atoms with Crippen LogP contribution in [0.15, 0.2) is 79.4 Å². The summed E-state index contributed by atoms with van der Waals surface area (Å²) in [5, 5.41) is 8.04. The summed E-state index contributed by atoms with van der Waals surface area (Å²) in [7, 11) is 0. The molecule has 2 aromatic carbocycles. The zero-order valence-corrected chi connectivity index (χ0v) is 23.4. The lowest BCUT2D eigenvalue weighted by Gasteiger charge is -2.23. The van der Waals surface area contributed by atoms with Crippen LogP contribution in [0, 0.1) is 0 Å². The molecule has 1 saturated heterocycles. The van der Waals surface area contributed by atoms with Crippen LogP contribution >= 0.6 is 0 Å². The van der Waals surface area contributed by atoms with E-state index in [0.717, 1.165) is 66.8 Å². The van der Waals surface area contributed by atoms with Gasteiger partial charge in [0.1, 0.15) is 12.4 Å². The summed E-state index contributed by atoms with van der Waals surface area (Å²) in [6, 6.07) is 19.1. The first-order valence-electron chi connectivity index (χ1n) is 14.6. The first-order valence-corrected chi connectivity index (χ1v) is 14.6. The number of fused-ring (bicyclic) bond motifs is 3. The minimum Gasteiger partial charge on any atom is -0.491 e. The second-order valence-electron chi connectivity index (χ2n) is 10.8. The summed E-state index contributed by atoms with van der Waals surface area (Å²) in [4.78, 5) is 19.9. The molecule has 2 bridgehead atoms. The summed E-state index contributed by atoms with van der Waals surface area (Å²) in [6.07, 6.45) is 11.2. The molecule has 2 aliphatic rings. The molecular formula is C33H37N5O3. The van der Waals surface area contributed by atoms with Gasteiger partial charge in [-0.25, -0.2) is 0 Å². The van der Waals surface area contributed by atoms with E-state index < -0.39 is 0 Å². The highest BCUT2D eigenvalue weighted by Crippen LogP contribution is 2.29. The van der Waals surface area contributed by atoms with Gasteiger partial charge in [-0.15, -0.1) is 0 Å². The number of benzene rings is 2. The molecule has 0 radical (unpaired) electrons. The van der Waals surface area contributed by atoms with Gasteiger partial charge in [0.05, 0.1) is 31.0 Å². The van der Waals surface area contributed by atoms with Gasteiger partial charge in [-0.2, -0.15) is 5.10 Å². The maximum absolute atomic E-state index is 13.7. The molecule has 4 aromatic rings. The maximum atomic E-state index is 13.7. The lowest BCUT2D eigenvalue weighted by molar-refractivity contribution is 0.0571. The predicted molar refractivity (Wildman–Crippen MR) is 158 cm³/mol. The molecule has 0 aliphatic carbocycles. The van der Waals surface area contributed by atoms with Crippen molar-refractivity contribution in [3.05, 3.63) is 102 Å². The highest BCUT2D eigenvalue weighted by Gasteiger charge is 2.21. The Kier molecular flexibility index (Phi) is 8.68. The van der Waals surface area contributed by atoms with Crippen molar-refractivity contribution in [3.63, 3.8) is 0 Å². The van der Waals surface area contributed by atoms with Gasteiger partial charge in [0.2, 0.25) is 0 Å². The van der Waals surface area contributed by atoms with Crippen LogP contribution in [0.1, 0.15) is 52.4 Å². The molecule has 1 atom stereocenters. The fourth-order valence-electron chi connectivity index (χ4n) is 5.69. The molecule has 4 heterocycles. The number of nitrogens with one attached hydrogen (secondary N) is 1. The van der Waals surface area contributed by atoms with Gasteiger partial charge in [-0.1, -0.05) is 36.4 Å². The molecule has 2 aromatic heterocycles. The molecule has 212 valence electrons. The normalized spacial score (nSPS) is 18.4. The lowest BCUT2D eigenvalue weighted by atomic mass is 9.98. The Morgan fingerprint density at radius 2 is 1.88 bits per heavy atom. The van der Waals surface area contributed by atoms with Gasteiger partial charge in [0.15, 0.2) is 0 Å². The van der Waals surface area contributed by atoms with Crippen molar-refractivity contribution in [3.8, 4) is 16.9 Å². The van der Waals surface area contributed by atoms with Gasteiger partial charge >= 0.3 is 0 Å². The molecule has 1 N–H and O–H groups in total. The smallest absolute Gasteiger partial charge is 0.257 e. The standard InChI is InChI=1S/C33H37N5O3/c39-33(30-22-36-38(24-30)31-7-3-11-34-13-10-31)37-14-15-40-16-17-41-32-9-8-27(28-6-2-12-35-21-28)20-29(32)19-25-4-1-5-26(18-25)23-37/h1-2,4-6,8-9,12,18,20-22,24,31,34H,3,7,10-11,13-17,19,23H2. The number of hydrogen-bond donors (Lipinski definition) is 1. The average molecular weight is 552 g/mol. The van der Waals surface area contributed by atoms with Crippen LogP contribution in [0.25, 0.3) is 11.1 Å². The third kappa shape index (κ3) is 6.84. The lowest BCUT2D eigenvalue weighted by Crippen LogP contribution is -2.34. The first kappa shape index (κ1) is 27.2. The van der Waals surface area contributed by atoms with Crippen LogP contribution in [-0.2, 0) is 17.7 Å². The fourth-order valence-corrected chi connectivity index (χ4v) is 5.69. The number of rotatable bonds is 3. The Morgan fingerprint density at radius 3 is 2.80 bits per heavy atom. The zero-order valence-electron chi connectivity index (χ0n) is 23.4. The Labute approximate surface area is 241 Å². The summed E-state index contributed by atoms with van der Waals surface area (Å²) < 4.78 is 14.1. The number of carbonyl (C=O) groups excluding carboxylic acids is 1. The number of ether oxygens (including phenoxy) is 2. The van der Waals surface area contributed by atoms with E-state index >= 15 is 0 Å². The molecule has 2 aliphatic heterocycles. The fraction of sp³-hybridized carbons (Fsp3) is 0.364. The van der Waals surface area contributed by atoms with Crippen LogP contribution < -0.4 is 10.1 Å². The van der Waals surface area contributed by atoms with E-state index in [1.807, 2.05) is 34.1 Å². The van der Waals surface area contributed by atoms with E-state index in [9.17, 15) is 4.79 Å². The van der Waals surface area contributed by atoms with Crippen molar-refractivity contribution in [2.75, 3.05) is 39.5 Å². The number of nitrogens with zero attached hydrogens (tertiary/aromatic N) is 4. The third-order valence-corrected chi connectivity index (χ3v) is 7.86. The minimum absolute atomic E-state index is 0.0215. The van der Waals surface area contributed by atoms with Crippen molar-refractivity contribution in [1.82, 2.24) is 25.0 Å². The maximum Gasteiger partial charge on any atom is 0.257 e. The molecule has 41 heavy (non-hydrogen) atoms. The summed E-state index contributed by atoms with van der Waals surface area (Å²) in [5.74, 6) is 0.841. The molecular weight excluding hydrogens is 514 g/mol. The van der Waals surface area contributed by atoms with Gasteiger partial charge < -0.3 is 19.7 Å². The van der Waals surface area contributed by atoms with Crippen LogP contribution in [0.5, 0.6) is 5.75 Å². The third-order valence-electron chi connectivity index (χ3n) is 7.86. The Hall–Kier alpha value is -4.01. The van der Waals surface area contributed by atoms with Crippen LogP contribution in [0.3, 0.4) is 0 Å². The van der Waals surface area contributed by atoms with E-state index in [1.165, 1.54) is 5.56 Å². The van der Waals surface area contributed by atoms with Crippen LogP contribution in [0.2, 0.25) is 0 Å². The largest absolute Gasteiger partial charge is 0.491 e. The number of amides is 1. The van der Waals surface area contributed by atoms with Crippen LogP contribution in [0.4, 0.5) is 0 Å². The van der Waals surface area contributed by atoms with Crippen molar-refractivity contribution in [2.45, 2.75) is 38.3 Å². The topological polar surface area (TPSA) is 81.5 Å².